The first kappa shape index (κ1) is 24.2. The van der Waals surface area contributed by atoms with Gasteiger partial charge in [0.05, 0.1) is 31.4 Å². The summed E-state index contributed by atoms with van der Waals surface area (Å²) in [6, 6.07) is 17.3. The number of ketones is 1. The molecule has 1 aliphatic heterocycles. The van der Waals surface area contributed by atoms with Crippen LogP contribution in [0, 0.1) is 6.92 Å². The van der Waals surface area contributed by atoms with E-state index < -0.39 is 23.7 Å². The highest BCUT2D eigenvalue weighted by Crippen LogP contribution is 2.43. The van der Waals surface area contributed by atoms with E-state index in [0.717, 1.165) is 10.0 Å². The number of esters is 1. The number of carbonyl (C=O) groups is 3. The van der Waals surface area contributed by atoms with Gasteiger partial charge in [-0.25, -0.2) is 4.79 Å². The number of aliphatic hydroxyl groups is 1. The number of aliphatic hydroxyl groups excluding tert-OH is 1. The summed E-state index contributed by atoms with van der Waals surface area (Å²) in [5, 5.41) is 11.2. The summed E-state index contributed by atoms with van der Waals surface area (Å²) in [5.74, 6) is -1.80. The zero-order chi connectivity index (χ0) is 25.3. The molecular formula is C27H22BrNO6. The van der Waals surface area contributed by atoms with Gasteiger partial charge in [0.2, 0.25) is 0 Å². The van der Waals surface area contributed by atoms with Gasteiger partial charge in [-0.15, -0.1) is 0 Å². The molecule has 1 N–H and O–H groups in total. The molecule has 1 amide bonds. The number of hydrogen-bond acceptors (Lipinski definition) is 6. The van der Waals surface area contributed by atoms with Gasteiger partial charge in [-0.05, 0) is 66.6 Å². The van der Waals surface area contributed by atoms with Crippen LogP contribution in [-0.4, -0.2) is 37.0 Å². The first-order chi connectivity index (χ1) is 16.8. The number of ether oxygens (including phenoxy) is 2. The van der Waals surface area contributed by atoms with E-state index in [9.17, 15) is 19.5 Å². The van der Waals surface area contributed by atoms with Gasteiger partial charge < -0.3 is 14.6 Å². The first-order valence-corrected chi connectivity index (χ1v) is 11.5. The molecule has 1 heterocycles. The molecule has 4 rings (SSSR count). The molecular weight excluding hydrogens is 514 g/mol. The zero-order valence-corrected chi connectivity index (χ0v) is 20.8. The van der Waals surface area contributed by atoms with Gasteiger partial charge in [0.15, 0.2) is 0 Å². The third-order valence-electron chi connectivity index (χ3n) is 5.89. The third kappa shape index (κ3) is 4.44. The fraction of sp³-hybridized carbons (Fsp3) is 0.148. The minimum absolute atomic E-state index is 0.0531. The Hall–Kier alpha value is -3.91. The number of anilines is 1. The zero-order valence-electron chi connectivity index (χ0n) is 19.2. The van der Waals surface area contributed by atoms with Crippen LogP contribution < -0.4 is 9.64 Å². The molecule has 0 bridgehead atoms. The van der Waals surface area contributed by atoms with Crippen molar-refractivity contribution in [2.24, 2.45) is 0 Å². The van der Waals surface area contributed by atoms with Gasteiger partial charge in [-0.3, -0.25) is 14.5 Å². The highest BCUT2D eigenvalue weighted by molar-refractivity contribution is 9.10. The number of amides is 1. The van der Waals surface area contributed by atoms with Crippen LogP contribution in [0.15, 0.2) is 76.8 Å². The Kier molecular flexibility index (Phi) is 6.75. The Morgan fingerprint density at radius 2 is 1.57 bits per heavy atom. The van der Waals surface area contributed by atoms with Crippen molar-refractivity contribution >= 4 is 45.0 Å². The van der Waals surface area contributed by atoms with Crippen molar-refractivity contribution in [1.82, 2.24) is 0 Å². The standard InChI is InChI=1S/C27H22BrNO6/c1-15-4-11-19(14-21(15)28)29-23(16-5-7-18(8-6-16)27(33)35-3)22(25(31)26(29)32)24(30)17-9-12-20(34-2)13-10-17/h4-14,23,30H,1-3H3/t23-/m0/s1. The monoisotopic (exact) mass is 535 g/mol. The first-order valence-electron chi connectivity index (χ1n) is 10.7. The lowest BCUT2D eigenvalue weighted by atomic mass is 9.94. The van der Waals surface area contributed by atoms with E-state index >= 15 is 0 Å². The molecule has 8 heteroatoms. The number of benzene rings is 3. The fourth-order valence-corrected chi connectivity index (χ4v) is 4.34. The summed E-state index contributed by atoms with van der Waals surface area (Å²) in [4.78, 5) is 39.8. The van der Waals surface area contributed by atoms with Crippen LogP contribution in [0.4, 0.5) is 5.69 Å². The minimum Gasteiger partial charge on any atom is -0.507 e. The smallest absolute Gasteiger partial charge is 0.337 e. The molecule has 7 nitrogen and oxygen atoms in total. The van der Waals surface area contributed by atoms with E-state index in [1.807, 2.05) is 13.0 Å². The fourth-order valence-electron chi connectivity index (χ4n) is 3.97. The number of nitrogens with zero attached hydrogens (tertiary/aromatic N) is 1. The van der Waals surface area contributed by atoms with Gasteiger partial charge in [0.1, 0.15) is 11.5 Å². The van der Waals surface area contributed by atoms with E-state index in [1.165, 1.54) is 19.1 Å². The summed E-state index contributed by atoms with van der Waals surface area (Å²) in [7, 11) is 2.81. The molecule has 0 spiro atoms. The van der Waals surface area contributed by atoms with Gasteiger partial charge in [0.25, 0.3) is 11.7 Å². The molecule has 3 aromatic rings. The van der Waals surface area contributed by atoms with Gasteiger partial charge >= 0.3 is 5.97 Å². The maximum Gasteiger partial charge on any atom is 0.337 e. The number of halogens is 1. The van der Waals surface area contributed by atoms with Crippen LogP contribution >= 0.6 is 15.9 Å². The molecule has 1 fully saturated rings. The largest absolute Gasteiger partial charge is 0.507 e. The second kappa shape index (κ2) is 9.76. The molecule has 0 radical (unpaired) electrons. The highest BCUT2D eigenvalue weighted by atomic mass is 79.9. The van der Waals surface area contributed by atoms with Crippen molar-refractivity contribution in [3.63, 3.8) is 0 Å². The molecule has 178 valence electrons. The number of aryl methyl sites for hydroxylation is 1. The summed E-state index contributed by atoms with van der Waals surface area (Å²) in [6.07, 6.45) is 0. The molecule has 1 saturated heterocycles. The van der Waals surface area contributed by atoms with Crippen LogP contribution in [0.25, 0.3) is 5.76 Å². The van der Waals surface area contributed by atoms with Crippen molar-refractivity contribution < 1.29 is 29.0 Å². The van der Waals surface area contributed by atoms with Crippen molar-refractivity contribution in [3.8, 4) is 5.75 Å². The molecule has 0 unspecified atom stereocenters. The Balaban J connectivity index is 1.91. The lowest BCUT2D eigenvalue weighted by Gasteiger charge is -2.26. The molecule has 1 aliphatic rings. The molecule has 0 aliphatic carbocycles. The predicted molar refractivity (Wildman–Crippen MR) is 134 cm³/mol. The van der Waals surface area contributed by atoms with Crippen LogP contribution in [0.1, 0.15) is 33.1 Å². The highest BCUT2D eigenvalue weighted by Gasteiger charge is 2.47. The summed E-state index contributed by atoms with van der Waals surface area (Å²) >= 11 is 3.48. The van der Waals surface area contributed by atoms with Crippen molar-refractivity contribution in [2.45, 2.75) is 13.0 Å². The Morgan fingerprint density at radius 1 is 0.943 bits per heavy atom. The van der Waals surface area contributed by atoms with Gasteiger partial charge in [-0.2, -0.15) is 0 Å². The molecule has 35 heavy (non-hydrogen) atoms. The lowest BCUT2D eigenvalue weighted by Crippen LogP contribution is -2.29. The van der Waals surface area contributed by atoms with Gasteiger partial charge in [0, 0.05) is 15.7 Å². The third-order valence-corrected chi connectivity index (χ3v) is 6.74. The van der Waals surface area contributed by atoms with E-state index in [4.69, 9.17) is 9.47 Å². The second-order valence-electron chi connectivity index (χ2n) is 7.94. The van der Waals surface area contributed by atoms with Crippen molar-refractivity contribution in [3.05, 3.63) is 99.0 Å². The average Bonchev–Trinajstić information content (AvgIpc) is 3.15. The Bertz CT molecular complexity index is 1350. The van der Waals surface area contributed by atoms with E-state index in [2.05, 4.69) is 15.9 Å². The predicted octanol–water partition coefficient (Wildman–Crippen LogP) is 5.18. The Morgan fingerprint density at radius 3 is 2.14 bits per heavy atom. The SMILES string of the molecule is COC(=O)c1ccc([C@H]2C(=C(O)c3ccc(OC)cc3)C(=O)C(=O)N2c2ccc(C)c(Br)c2)cc1. The van der Waals surface area contributed by atoms with E-state index in [-0.39, 0.29) is 11.3 Å². The minimum atomic E-state index is -0.918. The van der Waals surface area contributed by atoms with Crippen molar-refractivity contribution in [1.29, 1.82) is 0 Å². The lowest BCUT2D eigenvalue weighted by molar-refractivity contribution is -0.132. The average molecular weight is 536 g/mol. The van der Waals surface area contributed by atoms with Crippen molar-refractivity contribution in [2.75, 3.05) is 19.1 Å². The maximum absolute atomic E-state index is 13.3. The summed E-state index contributed by atoms with van der Waals surface area (Å²) < 4.78 is 10.7. The van der Waals surface area contributed by atoms with Crippen LogP contribution in [0.5, 0.6) is 5.75 Å². The quantitative estimate of drug-likeness (QED) is 0.209. The topological polar surface area (TPSA) is 93.1 Å². The maximum atomic E-state index is 13.3. The normalized spacial score (nSPS) is 16.9. The number of hydrogen-bond donors (Lipinski definition) is 1. The molecule has 0 aromatic heterocycles. The number of carbonyl (C=O) groups excluding carboxylic acids is 3. The van der Waals surface area contributed by atoms with Gasteiger partial charge in [-0.1, -0.05) is 34.1 Å². The second-order valence-corrected chi connectivity index (χ2v) is 8.80. The van der Waals surface area contributed by atoms with Crippen LogP contribution in [0.3, 0.4) is 0 Å². The molecule has 1 atom stereocenters. The van der Waals surface area contributed by atoms with Crippen LogP contribution in [-0.2, 0) is 14.3 Å². The Labute approximate surface area is 210 Å². The van der Waals surface area contributed by atoms with E-state index in [1.54, 1.807) is 60.7 Å². The summed E-state index contributed by atoms with van der Waals surface area (Å²) in [6.45, 7) is 1.91. The summed E-state index contributed by atoms with van der Waals surface area (Å²) in [5.41, 5.74) is 2.63. The van der Waals surface area contributed by atoms with Crippen LogP contribution in [0.2, 0.25) is 0 Å². The number of rotatable bonds is 5. The number of Topliss-reactive ketones (excluding diaryl/α,β-unsaturated/α-hetero) is 1. The van der Waals surface area contributed by atoms with E-state index in [0.29, 0.717) is 28.1 Å². The number of methoxy groups -OCH3 is 2. The molecule has 3 aromatic carbocycles. The molecule has 0 saturated carbocycles.